The van der Waals surface area contributed by atoms with E-state index in [-0.39, 0.29) is 0 Å². The van der Waals surface area contributed by atoms with Gasteiger partial charge in [-0.15, -0.1) is 0 Å². The molecule has 1 aliphatic rings. The van der Waals surface area contributed by atoms with E-state index in [4.69, 9.17) is 4.52 Å². The van der Waals surface area contributed by atoms with E-state index in [1.165, 1.54) is 5.56 Å². The molecule has 6 heteroatoms. The predicted molar refractivity (Wildman–Crippen MR) is 104 cm³/mol. The lowest BCUT2D eigenvalue weighted by atomic mass is 10.0. The Hall–Kier alpha value is -2.34. The van der Waals surface area contributed by atoms with E-state index in [9.17, 15) is 0 Å². The van der Waals surface area contributed by atoms with Crippen LogP contribution in [0.15, 0.2) is 52.2 Å². The van der Waals surface area contributed by atoms with Gasteiger partial charge in [0.25, 0.3) is 0 Å². The van der Waals surface area contributed by atoms with Gasteiger partial charge in [0, 0.05) is 37.8 Å². The molecule has 0 amide bonds. The summed E-state index contributed by atoms with van der Waals surface area (Å²) in [6.45, 7) is 7.93. The van der Waals surface area contributed by atoms with Gasteiger partial charge >= 0.3 is 0 Å². The Kier molecular flexibility index (Phi) is 6.66. The summed E-state index contributed by atoms with van der Waals surface area (Å²) in [5.74, 6) is 0.852. The summed E-state index contributed by atoms with van der Waals surface area (Å²) >= 11 is 0. The van der Waals surface area contributed by atoms with Crippen LogP contribution in [-0.2, 0) is 6.54 Å². The molecule has 2 aromatic rings. The summed E-state index contributed by atoms with van der Waals surface area (Å²) in [5.41, 5.74) is 2.23. The molecular weight excluding hydrogens is 326 g/mol. The third-order valence-electron chi connectivity index (χ3n) is 4.93. The van der Waals surface area contributed by atoms with Crippen molar-refractivity contribution in [2.24, 2.45) is 4.99 Å². The van der Waals surface area contributed by atoms with E-state index in [0.717, 1.165) is 44.1 Å². The smallest absolute Gasteiger partial charge is 0.191 e. The highest BCUT2D eigenvalue weighted by Gasteiger charge is 2.23. The molecule has 1 saturated heterocycles. The van der Waals surface area contributed by atoms with Crippen molar-refractivity contribution in [3.8, 4) is 0 Å². The molecule has 0 bridgehead atoms. The second-order valence-corrected chi connectivity index (χ2v) is 6.73. The summed E-state index contributed by atoms with van der Waals surface area (Å²) in [5, 5.41) is 10.8. The van der Waals surface area contributed by atoms with E-state index < -0.39 is 0 Å². The van der Waals surface area contributed by atoms with Crippen molar-refractivity contribution in [2.75, 3.05) is 19.6 Å². The third-order valence-corrected chi connectivity index (χ3v) is 4.93. The molecular formula is C20H29N5O. The third kappa shape index (κ3) is 5.08. The Morgan fingerprint density at radius 2 is 2.04 bits per heavy atom. The van der Waals surface area contributed by atoms with Crippen molar-refractivity contribution in [1.29, 1.82) is 0 Å². The lowest BCUT2D eigenvalue weighted by molar-refractivity contribution is 0.158. The average Bonchev–Trinajstić information content (AvgIpc) is 3.21. The Labute approximate surface area is 155 Å². The summed E-state index contributed by atoms with van der Waals surface area (Å²) in [4.78, 5) is 7.17. The first kappa shape index (κ1) is 18.5. The summed E-state index contributed by atoms with van der Waals surface area (Å²) in [6, 6.07) is 13.5. The van der Waals surface area contributed by atoms with Crippen molar-refractivity contribution in [1.82, 2.24) is 20.7 Å². The molecule has 0 aliphatic carbocycles. The minimum atomic E-state index is 0.448. The minimum absolute atomic E-state index is 0.448. The zero-order valence-corrected chi connectivity index (χ0v) is 15.7. The van der Waals surface area contributed by atoms with E-state index >= 15 is 0 Å². The van der Waals surface area contributed by atoms with Gasteiger partial charge in [0.15, 0.2) is 5.96 Å². The number of rotatable bonds is 6. The fourth-order valence-corrected chi connectivity index (χ4v) is 3.37. The quantitative estimate of drug-likeness (QED) is 0.616. The van der Waals surface area contributed by atoms with Crippen molar-refractivity contribution in [3.63, 3.8) is 0 Å². The number of aromatic nitrogens is 1. The SMILES string of the molecule is CCNC(=NCc1ccon1)NC1CCN(C(C)c2ccccc2)CC1. The van der Waals surface area contributed by atoms with Crippen LogP contribution in [0.4, 0.5) is 0 Å². The summed E-state index contributed by atoms with van der Waals surface area (Å²) in [6.07, 6.45) is 3.81. The van der Waals surface area contributed by atoms with Crippen LogP contribution < -0.4 is 10.6 Å². The lowest BCUT2D eigenvalue weighted by Gasteiger charge is -2.37. The van der Waals surface area contributed by atoms with Crippen LogP contribution in [0.2, 0.25) is 0 Å². The monoisotopic (exact) mass is 355 g/mol. The fourth-order valence-electron chi connectivity index (χ4n) is 3.37. The minimum Gasteiger partial charge on any atom is -0.364 e. The van der Waals surface area contributed by atoms with Crippen molar-refractivity contribution < 1.29 is 4.52 Å². The number of nitrogens with zero attached hydrogens (tertiary/aromatic N) is 3. The molecule has 1 aromatic heterocycles. The van der Waals surface area contributed by atoms with Gasteiger partial charge in [0.2, 0.25) is 0 Å². The van der Waals surface area contributed by atoms with Crippen molar-refractivity contribution >= 4 is 5.96 Å². The highest BCUT2D eigenvalue weighted by molar-refractivity contribution is 5.80. The molecule has 3 rings (SSSR count). The van der Waals surface area contributed by atoms with Gasteiger partial charge in [-0.1, -0.05) is 35.5 Å². The molecule has 1 unspecified atom stereocenters. The zero-order valence-electron chi connectivity index (χ0n) is 15.7. The highest BCUT2D eigenvalue weighted by atomic mass is 16.5. The average molecular weight is 355 g/mol. The number of benzene rings is 1. The van der Waals surface area contributed by atoms with Crippen LogP contribution >= 0.6 is 0 Å². The molecule has 6 nitrogen and oxygen atoms in total. The maximum atomic E-state index is 4.86. The molecule has 0 saturated carbocycles. The van der Waals surface area contributed by atoms with Crippen LogP contribution in [0.25, 0.3) is 0 Å². The first-order valence-corrected chi connectivity index (χ1v) is 9.49. The second-order valence-electron chi connectivity index (χ2n) is 6.73. The number of likely N-dealkylation sites (tertiary alicyclic amines) is 1. The molecule has 0 spiro atoms. The van der Waals surface area contributed by atoms with Crippen LogP contribution in [0.3, 0.4) is 0 Å². The van der Waals surface area contributed by atoms with Crippen LogP contribution in [-0.4, -0.2) is 41.7 Å². The largest absolute Gasteiger partial charge is 0.364 e. The van der Waals surface area contributed by atoms with E-state index in [0.29, 0.717) is 18.6 Å². The van der Waals surface area contributed by atoms with E-state index in [1.54, 1.807) is 6.26 Å². The number of aliphatic imine (C=N–C) groups is 1. The Morgan fingerprint density at radius 3 is 2.69 bits per heavy atom. The Morgan fingerprint density at radius 1 is 1.27 bits per heavy atom. The van der Waals surface area contributed by atoms with Gasteiger partial charge in [0.05, 0.1) is 6.54 Å². The number of hydrogen-bond donors (Lipinski definition) is 2. The van der Waals surface area contributed by atoms with Crippen molar-refractivity contribution in [3.05, 3.63) is 53.9 Å². The van der Waals surface area contributed by atoms with E-state index in [1.807, 2.05) is 6.07 Å². The predicted octanol–water partition coefficient (Wildman–Crippen LogP) is 2.96. The molecule has 1 fully saturated rings. The van der Waals surface area contributed by atoms with Gasteiger partial charge in [-0.25, -0.2) is 4.99 Å². The Balaban J connectivity index is 1.51. The van der Waals surface area contributed by atoms with Crippen molar-refractivity contribution in [2.45, 2.75) is 45.3 Å². The van der Waals surface area contributed by atoms with Gasteiger partial charge in [-0.3, -0.25) is 4.90 Å². The normalized spacial score (nSPS) is 17.8. The number of hydrogen-bond acceptors (Lipinski definition) is 4. The zero-order chi connectivity index (χ0) is 18.2. The van der Waals surface area contributed by atoms with Gasteiger partial charge in [-0.2, -0.15) is 0 Å². The fraction of sp³-hybridized carbons (Fsp3) is 0.500. The van der Waals surface area contributed by atoms with Gasteiger partial charge in [-0.05, 0) is 32.3 Å². The Bertz CT molecular complexity index is 663. The summed E-state index contributed by atoms with van der Waals surface area (Å²) in [7, 11) is 0. The molecule has 2 heterocycles. The topological polar surface area (TPSA) is 65.7 Å². The first-order valence-electron chi connectivity index (χ1n) is 9.49. The van der Waals surface area contributed by atoms with E-state index in [2.05, 4.69) is 69.9 Å². The standard InChI is InChI=1S/C20H29N5O/c1-3-21-20(22-15-19-11-14-26-24-19)23-18-9-12-25(13-10-18)16(2)17-7-5-4-6-8-17/h4-8,11,14,16,18H,3,9-10,12-13,15H2,1-2H3,(H2,21,22,23). The first-order chi connectivity index (χ1) is 12.8. The molecule has 0 radical (unpaired) electrons. The highest BCUT2D eigenvalue weighted by Crippen LogP contribution is 2.23. The number of piperidine rings is 1. The lowest BCUT2D eigenvalue weighted by Crippen LogP contribution is -2.49. The number of guanidine groups is 1. The number of nitrogens with one attached hydrogen (secondary N) is 2. The van der Waals surface area contributed by atoms with Crippen LogP contribution in [0.1, 0.15) is 44.0 Å². The van der Waals surface area contributed by atoms with Gasteiger partial charge < -0.3 is 15.2 Å². The molecule has 2 N–H and O–H groups in total. The molecule has 140 valence electrons. The van der Waals surface area contributed by atoms with Crippen LogP contribution in [0.5, 0.6) is 0 Å². The maximum Gasteiger partial charge on any atom is 0.191 e. The molecule has 1 aromatic carbocycles. The molecule has 1 aliphatic heterocycles. The second kappa shape index (κ2) is 9.38. The summed E-state index contributed by atoms with van der Waals surface area (Å²) < 4.78 is 4.86. The van der Waals surface area contributed by atoms with Gasteiger partial charge in [0.1, 0.15) is 12.0 Å². The molecule has 26 heavy (non-hydrogen) atoms. The molecule has 1 atom stereocenters. The van der Waals surface area contributed by atoms with Crippen LogP contribution in [0, 0.1) is 0 Å². The maximum absolute atomic E-state index is 4.86.